The van der Waals surface area contributed by atoms with Gasteiger partial charge in [-0.25, -0.2) is 14.5 Å². The van der Waals surface area contributed by atoms with E-state index in [4.69, 9.17) is 4.74 Å². The van der Waals surface area contributed by atoms with Gasteiger partial charge in [0.05, 0.1) is 5.69 Å². The first kappa shape index (κ1) is 22.4. The fraction of sp³-hybridized carbons (Fsp3) is 0.421. The Kier molecular flexibility index (Phi) is 6.66. The fourth-order valence-corrected chi connectivity index (χ4v) is 3.76. The number of anilines is 1. The van der Waals surface area contributed by atoms with Crippen molar-refractivity contribution in [2.75, 3.05) is 17.5 Å². The SMILES string of the molecule is CC(CO)CN(c1ccc2c(C#N)nccc2c1)S(=O)(=O)NC(=O)OC(C)(C)C. The number of pyridine rings is 1. The van der Waals surface area contributed by atoms with E-state index in [9.17, 15) is 23.6 Å². The molecule has 1 atom stereocenters. The molecule has 29 heavy (non-hydrogen) atoms. The van der Waals surface area contributed by atoms with Crippen LogP contribution >= 0.6 is 0 Å². The van der Waals surface area contributed by atoms with Gasteiger partial charge in [0.1, 0.15) is 17.4 Å². The van der Waals surface area contributed by atoms with Crippen molar-refractivity contribution in [3.05, 3.63) is 36.2 Å². The summed E-state index contributed by atoms with van der Waals surface area (Å²) in [6.07, 6.45) is 0.356. The number of hydrogen-bond acceptors (Lipinski definition) is 7. The molecule has 2 N–H and O–H groups in total. The molecule has 0 saturated carbocycles. The van der Waals surface area contributed by atoms with E-state index in [2.05, 4.69) is 4.98 Å². The summed E-state index contributed by atoms with van der Waals surface area (Å²) in [5.74, 6) is -0.395. The molecule has 9 nitrogen and oxygen atoms in total. The number of nitrogens with one attached hydrogen (secondary N) is 1. The summed E-state index contributed by atoms with van der Waals surface area (Å²) >= 11 is 0. The van der Waals surface area contributed by atoms with Gasteiger partial charge in [0, 0.05) is 24.7 Å². The summed E-state index contributed by atoms with van der Waals surface area (Å²) in [6.45, 7) is 6.22. The van der Waals surface area contributed by atoms with Gasteiger partial charge in [-0.15, -0.1) is 0 Å². The van der Waals surface area contributed by atoms with E-state index in [-0.39, 0.29) is 24.5 Å². The van der Waals surface area contributed by atoms with Gasteiger partial charge in [0.2, 0.25) is 0 Å². The zero-order valence-corrected chi connectivity index (χ0v) is 17.5. The van der Waals surface area contributed by atoms with Crippen LogP contribution in [0.5, 0.6) is 0 Å². The van der Waals surface area contributed by atoms with Crippen LogP contribution in [-0.2, 0) is 14.9 Å². The van der Waals surface area contributed by atoms with Crippen molar-refractivity contribution in [2.45, 2.75) is 33.3 Å². The van der Waals surface area contributed by atoms with Crippen molar-refractivity contribution in [1.82, 2.24) is 9.71 Å². The molecule has 0 aliphatic rings. The number of benzene rings is 1. The zero-order valence-electron chi connectivity index (χ0n) is 16.7. The van der Waals surface area contributed by atoms with Crippen LogP contribution in [0.25, 0.3) is 10.8 Å². The summed E-state index contributed by atoms with van der Waals surface area (Å²) in [7, 11) is -4.32. The maximum Gasteiger partial charge on any atom is 0.422 e. The molecular weight excluding hydrogens is 396 g/mol. The number of aromatic nitrogens is 1. The van der Waals surface area contributed by atoms with Crippen LogP contribution in [0.15, 0.2) is 30.5 Å². The van der Waals surface area contributed by atoms with Crippen molar-refractivity contribution in [3.63, 3.8) is 0 Å². The lowest BCUT2D eigenvalue weighted by Crippen LogP contribution is -2.47. The molecule has 10 heteroatoms. The Bertz CT molecular complexity index is 1040. The number of carbonyl (C=O) groups excluding carboxylic acids is 1. The lowest BCUT2D eigenvalue weighted by Gasteiger charge is -2.28. The lowest BCUT2D eigenvalue weighted by molar-refractivity contribution is 0.0570. The largest absolute Gasteiger partial charge is 0.443 e. The Morgan fingerprint density at radius 2 is 2.07 bits per heavy atom. The van der Waals surface area contributed by atoms with Crippen molar-refractivity contribution < 1.29 is 23.1 Å². The van der Waals surface area contributed by atoms with Gasteiger partial charge in [0.25, 0.3) is 0 Å². The predicted octanol–water partition coefficient (Wildman–Crippen LogP) is 2.31. The Morgan fingerprint density at radius 3 is 2.66 bits per heavy atom. The van der Waals surface area contributed by atoms with E-state index in [0.717, 1.165) is 4.31 Å². The topological polar surface area (TPSA) is 133 Å². The second-order valence-electron chi connectivity index (χ2n) is 7.60. The van der Waals surface area contributed by atoms with Crippen molar-refractivity contribution in [2.24, 2.45) is 5.92 Å². The number of aliphatic hydroxyl groups is 1. The number of aliphatic hydroxyl groups excluding tert-OH is 1. The standard InChI is InChI=1S/C19H24N4O5S/c1-13(12-24)11-23(29(26,27)22-18(25)28-19(2,3)4)15-5-6-16-14(9-15)7-8-21-17(16)10-20/h5-9,13,24H,11-12H2,1-4H3,(H,22,25). The number of hydrogen-bond donors (Lipinski definition) is 2. The molecule has 2 rings (SSSR count). The molecule has 1 heterocycles. The molecule has 0 radical (unpaired) electrons. The third kappa shape index (κ3) is 5.79. The molecule has 0 bridgehead atoms. The molecule has 2 aromatic rings. The number of carbonyl (C=O) groups is 1. The van der Waals surface area contributed by atoms with Crippen LogP contribution in [0, 0.1) is 17.2 Å². The highest BCUT2D eigenvalue weighted by Crippen LogP contribution is 2.26. The normalized spacial score (nSPS) is 12.8. The quantitative estimate of drug-likeness (QED) is 0.732. The van der Waals surface area contributed by atoms with E-state index in [1.807, 2.05) is 10.8 Å². The third-order valence-corrected chi connectivity index (χ3v) is 5.20. The van der Waals surface area contributed by atoms with E-state index < -0.39 is 27.8 Å². The van der Waals surface area contributed by atoms with Gasteiger partial charge < -0.3 is 9.84 Å². The van der Waals surface area contributed by atoms with Crippen LogP contribution in [0.4, 0.5) is 10.5 Å². The fourth-order valence-electron chi connectivity index (χ4n) is 2.55. The minimum Gasteiger partial charge on any atom is -0.443 e. The maximum atomic E-state index is 12.9. The predicted molar refractivity (Wildman–Crippen MR) is 108 cm³/mol. The first-order valence-corrected chi connectivity index (χ1v) is 10.3. The molecule has 1 aromatic carbocycles. The molecule has 1 aromatic heterocycles. The van der Waals surface area contributed by atoms with Crippen LogP contribution < -0.4 is 9.03 Å². The molecule has 1 amide bonds. The maximum absolute atomic E-state index is 12.9. The molecule has 1 unspecified atom stereocenters. The minimum atomic E-state index is -4.32. The van der Waals surface area contributed by atoms with Crippen molar-refractivity contribution >= 4 is 32.8 Å². The minimum absolute atomic E-state index is 0.0731. The molecule has 0 saturated heterocycles. The Morgan fingerprint density at radius 1 is 1.38 bits per heavy atom. The first-order chi connectivity index (χ1) is 13.5. The Hall–Kier alpha value is -2.90. The summed E-state index contributed by atoms with van der Waals surface area (Å²) in [5, 5.41) is 19.8. The first-order valence-electron chi connectivity index (χ1n) is 8.90. The van der Waals surface area contributed by atoms with E-state index >= 15 is 0 Å². The van der Waals surface area contributed by atoms with Crippen LogP contribution in [-0.4, -0.2) is 43.4 Å². The average molecular weight is 420 g/mol. The van der Waals surface area contributed by atoms with E-state index in [0.29, 0.717) is 10.8 Å². The van der Waals surface area contributed by atoms with Gasteiger partial charge in [0.15, 0.2) is 0 Å². The average Bonchev–Trinajstić information content (AvgIpc) is 2.62. The van der Waals surface area contributed by atoms with Gasteiger partial charge in [-0.05, 0) is 56.3 Å². The van der Waals surface area contributed by atoms with E-state index in [1.165, 1.54) is 12.3 Å². The number of rotatable bonds is 6. The van der Waals surface area contributed by atoms with Gasteiger partial charge in [-0.2, -0.15) is 13.7 Å². The number of fused-ring (bicyclic) bond motifs is 1. The molecule has 0 fully saturated rings. The molecule has 0 spiro atoms. The van der Waals surface area contributed by atoms with Crippen molar-refractivity contribution in [3.8, 4) is 6.07 Å². The van der Waals surface area contributed by atoms with Gasteiger partial charge in [-0.1, -0.05) is 6.92 Å². The summed E-state index contributed by atoms with van der Waals surface area (Å²) in [4.78, 5) is 16.0. The Balaban J connectivity index is 2.46. The second kappa shape index (κ2) is 8.63. The summed E-state index contributed by atoms with van der Waals surface area (Å²) in [5.41, 5.74) is -0.380. The zero-order chi connectivity index (χ0) is 21.8. The molecular formula is C19H24N4O5S. The van der Waals surface area contributed by atoms with Crippen LogP contribution in [0.1, 0.15) is 33.4 Å². The molecule has 0 aliphatic carbocycles. The highest BCUT2D eigenvalue weighted by Gasteiger charge is 2.29. The number of amides is 1. The molecule has 0 aliphatic heterocycles. The Labute approximate surface area is 170 Å². The highest BCUT2D eigenvalue weighted by atomic mass is 32.2. The number of nitriles is 1. The number of ether oxygens (including phenoxy) is 1. The summed E-state index contributed by atoms with van der Waals surface area (Å²) < 4.78 is 33.7. The van der Waals surface area contributed by atoms with Crippen LogP contribution in [0.3, 0.4) is 0 Å². The molecule has 156 valence electrons. The van der Waals surface area contributed by atoms with Gasteiger partial charge in [-0.3, -0.25) is 4.31 Å². The lowest BCUT2D eigenvalue weighted by atomic mass is 10.1. The third-order valence-electron chi connectivity index (χ3n) is 3.83. The highest BCUT2D eigenvalue weighted by molar-refractivity contribution is 7.91. The van der Waals surface area contributed by atoms with Gasteiger partial charge >= 0.3 is 16.3 Å². The second-order valence-corrected chi connectivity index (χ2v) is 9.20. The summed E-state index contributed by atoms with van der Waals surface area (Å²) in [6, 6.07) is 8.33. The number of nitrogens with zero attached hydrogens (tertiary/aromatic N) is 3. The smallest absolute Gasteiger partial charge is 0.422 e. The van der Waals surface area contributed by atoms with Crippen LogP contribution in [0.2, 0.25) is 0 Å². The monoisotopic (exact) mass is 420 g/mol. The van der Waals surface area contributed by atoms with E-state index in [1.54, 1.807) is 45.9 Å². The van der Waals surface area contributed by atoms with Crippen molar-refractivity contribution in [1.29, 1.82) is 5.26 Å².